The summed E-state index contributed by atoms with van der Waals surface area (Å²) in [6.45, 7) is 0.396. The van der Waals surface area contributed by atoms with Crippen LogP contribution in [0.4, 0.5) is 0 Å². The molecule has 3 rings (SSSR count). The number of hydrogen-bond acceptors (Lipinski definition) is 4. The summed E-state index contributed by atoms with van der Waals surface area (Å²) in [5, 5.41) is 2.89. The smallest absolute Gasteiger partial charge is 0.255 e. The number of para-hydroxylation sites is 1. The topological polar surface area (TPSA) is 64.4 Å². The maximum Gasteiger partial charge on any atom is 0.255 e. The van der Waals surface area contributed by atoms with Gasteiger partial charge in [0.25, 0.3) is 5.91 Å². The molecular weight excluding hydrogens is 292 g/mol. The molecule has 0 aliphatic rings. The molecule has 2 heterocycles. The normalized spacial score (nSPS) is 10.3. The van der Waals surface area contributed by atoms with Gasteiger partial charge in [0.05, 0.1) is 18.9 Å². The van der Waals surface area contributed by atoms with Gasteiger partial charge >= 0.3 is 0 Å². The number of carbonyl (C=O) groups is 1. The quantitative estimate of drug-likeness (QED) is 0.785. The largest absolute Gasteiger partial charge is 0.496 e. The van der Waals surface area contributed by atoms with Gasteiger partial charge in [0.1, 0.15) is 11.4 Å². The summed E-state index contributed by atoms with van der Waals surface area (Å²) in [7, 11) is 1.55. The van der Waals surface area contributed by atoms with E-state index in [4.69, 9.17) is 9.15 Å². The number of methoxy groups -OCH3 is 1. The van der Waals surface area contributed by atoms with Crippen LogP contribution in [0.25, 0.3) is 11.5 Å². The van der Waals surface area contributed by atoms with Crippen LogP contribution in [-0.4, -0.2) is 18.0 Å². The van der Waals surface area contributed by atoms with Crippen LogP contribution in [0, 0.1) is 0 Å². The van der Waals surface area contributed by atoms with Crippen LogP contribution in [-0.2, 0) is 6.54 Å². The van der Waals surface area contributed by atoms with E-state index in [1.54, 1.807) is 37.8 Å². The number of hydrogen-bond donors (Lipinski definition) is 1. The molecule has 23 heavy (non-hydrogen) atoms. The number of furan rings is 1. The molecule has 0 unspecified atom stereocenters. The molecule has 0 saturated carbocycles. The van der Waals surface area contributed by atoms with Crippen molar-refractivity contribution in [2.45, 2.75) is 6.54 Å². The average molecular weight is 308 g/mol. The minimum atomic E-state index is -0.182. The highest BCUT2D eigenvalue weighted by Gasteiger charge is 2.11. The molecule has 0 aliphatic heterocycles. The van der Waals surface area contributed by atoms with Crippen molar-refractivity contribution in [1.29, 1.82) is 0 Å². The van der Waals surface area contributed by atoms with E-state index in [-0.39, 0.29) is 5.91 Å². The molecule has 1 aromatic carbocycles. The number of aromatic nitrogens is 1. The van der Waals surface area contributed by atoms with Gasteiger partial charge in [-0.2, -0.15) is 0 Å². The Hall–Kier alpha value is -3.08. The van der Waals surface area contributed by atoms with Crippen molar-refractivity contribution in [2.75, 3.05) is 7.11 Å². The third-order valence-electron chi connectivity index (χ3n) is 3.40. The predicted molar refractivity (Wildman–Crippen MR) is 86.1 cm³/mol. The molecule has 1 N–H and O–H groups in total. The number of nitrogens with zero attached hydrogens (tertiary/aromatic N) is 1. The summed E-state index contributed by atoms with van der Waals surface area (Å²) >= 11 is 0. The third kappa shape index (κ3) is 3.40. The first-order valence-electron chi connectivity index (χ1n) is 7.18. The Morgan fingerprint density at radius 3 is 2.87 bits per heavy atom. The van der Waals surface area contributed by atoms with Gasteiger partial charge < -0.3 is 14.5 Å². The lowest BCUT2D eigenvalue weighted by Gasteiger charge is -2.09. The Bertz CT molecular complexity index is 798. The highest BCUT2D eigenvalue weighted by Crippen LogP contribution is 2.19. The Morgan fingerprint density at radius 1 is 1.22 bits per heavy atom. The van der Waals surface area contributed by atoms with Crippen LogP contribution in [0.2, 0.25) is 0 Å². The molecule has 5 nitrogen and oxygen atoms in total. The number of benzene rings is 1. The van der Waals surface area contributed by atoms with E-state index in [1.807, 2.05) is 30.3 Å². The lowest BCUT2D eigenvalue weighted by molar-refractivity contribution is 0.0948. The van der Waals surface area contributed by atoms with E-state index in [2.05, 4.69) is 10.3 Å². The summed E-state index contributed by atoms with van der Waals surface area (Å²) in [5.41, 5.74) is 2.18. The van der Waals surface area contributed by atoms with Gasteiger partial charge in [-0.3, -0.25) is 9.78 Å². The summed E-state index contributed by atoms with van der Waals surface area (Å²) in [6.07, 6.45) is 3.30. The van der Waals surface area contributed by atoms with E-state index in [0.717, 1.165) is 11.3 Å². The number of ether oxygens (including phenoxy) is 1. The Labute approximate surface area is 133 Å². The van der Waals surface area contributed by atoms with Crippen molar-refractivity contribution >= 4 is 5.91 Å². The SMILES string of the molecule is COc1ccccc1C(=O)NCc1ccnc(-c2ccco2)c1. The first-order valence-corrected chi connectivity index (χ1v) is 7.18. The third-order valence-corrected chi connectivity index (χ3v) is 3.40. The van der Waals surface area contributed by atoms with Gasteiger partial charge in [0, 0.05) is 12.7 Å². The van der Waals surface area contributed by atoms with Crippen LogP contribution in [0.5, 0.6) is 5.75 Å². The zero-order valence-electron chi connectivity index (χ0n) is 12.7. The van der Waals surface area contributed by atoms with Gasteiger partial charge in [-0.1, -0.05) is 12.1 Å². The van der Waals surface area contributed by atoms with Crippen molar-refractivity contribution in [2.24, 2.45) is 0 Å². The van der Waals surface area contributed by atoms with Crippen LogP contribution in [0.1, 0.15) is 15.9 Å². The van der Waals surface area contributed by atoms with Gasteiger partial charge in [-0.25, -0.2) is 0 Å². The van der Waals surface area contributed by atoms with Crippen molar-refractivity contribution in [3.05, 3.63) is 72.1 Å². The predicted octanol–water partition coefficient (Wildman–Crippen LogP) is 3.28. The summed E-state index contributed by atoms with van der Waals surface area (Å²) in [6, 6.07) is 14.5. The van der Waals surface area contributed by atoms with Gasteiger partial charge in [0.15, 0.2) is 5.76 Å². The number of nitrogens with one attached hydrogen (secondary N) is 1. The molecule has 116 valence electrons. The van der Waals surface area contributed by atoms with E-state index in [0.29, 0.717) is 23.6 Å². The lowest BCUT2D eigenvalue weighted by atomic mass is 10.1. The average Bonchev–Trinajstić information content (AvgIpc) is 3.14. The fraction of sp³-hybridized carbons (Fsp3) is 0.111. The standard InChI is InChI=1S/C18H16N2O3/c1-22-16-6-3-2-5-14(16)18(21)20-12-13-8-9-19-15(11-13)17-7-4-10-23-17/h2-11H,12H2,1H3,(H,20,21). The number of rotatable bonds is 5. The minimum Gasteiger partial charge on any atom is -0.496 e. The Morgan fingerprint density at radius 2 is 2.09 bits per heavy atom. The lowest BCUT2D eigenvalue weighted by Crippen LogP contribution is -2.23. The number of carbonyl (C=O) groups excluding carboxylic acids is 1. The molecule has 0 aliphatic carbocycles. The summed E-state index contributed by atoms with van der Waals surface area (Å²) in [5.74, 6) is 1.07. The van der Waals surface area contributed by atoms with Crippen LogP contribution in [0.15, 0.2) is 65.4 Å². The summed E-state index contributed by atoms with van der Waals surface area (Å²) < 4.78 is 10.5. The minimum absolute atomic E-state index is 0.182. The van der Waals surface area contributed by atoms with Crippen LogP contribution < -0.4 is 10.1 Å². The molecule has 0 spiro atoms. The van der Waals surface area contributed by atoms with Gasteiger partial charge in [-0.15, -0.1) is 0 Å². The highest BCUT2D eigenvalue weighted by molar-refractivity contribution is 5.96. The number of pyridine rings is 1. The van der Waals surface area contributed by atoms with Crippen molar-refractivity contribution < 1.29 is 13.9 Å². The first kappa shape index (κ1) is 14.8. The van der Waals surface area contributed by atoms with E-state index < -0.39 is 0 Å². The molecule has 0 saturated heterocycles. The zero-order chi connectivity index (χ0) is 16.1. The second-order valence-electron chi connectivity index (χ2n) is 4.91. The van der Waals surface area contributed by atoms with Crippen LogP contribution in [0.3, 0.4) is 0 Å². The fourth-order valence-corrected chi connectivity index (χ4v) is 2.25. The molecule has 3 aromatic rings. The second-order valence-corrected chi connectivity index (χ2v) is 4.91. The van der Waals surface area contributed by atoms with E-state index in [1.165, 1.54) is 0 Å². The molecule has 0 fully saturated rings. The van der Waals surface area contributed by atoms with E-state index >= 15 is 0 Å². The summed E-state index contributed by atoms with van der Waals surface area (Å²) in [4.78, 5) is 16.6. The van der Waals surface area contributed by atoms with Gasteiger partial charge in [-0.05, 0) is 42.0 Å². The van der Waals surface area contributed by atoms with Crippen LogP contribution >= 0.6 is 0 Å². The molecule has 5 heteroatoms. The fourth-order valence-electron chi connectivity index (χ4n) is 2.25. The van der Waals surface area contributed by atoms with Crippen molar-refractivity contribution in [3.63, 3.8) is 0 Å². The van der Waals surface area contributed by atoms with Crippen molar-refractivity contribution in [1.82, 2.24) is 10.3 Å². The van der Waals surface area contributed by atoms with Gasteiger partial charge in [0.2, 0.25) is 0 Å². The second kappa shape index (κ2) is 6.79. The Kier molecular flexibility index (Phi) is 4.38. The van der Waals surface area contributed by atoms with E-state index in [9.17, 15) is 4.79 Å². The number of amides is 1. The molecule has 2 aromatic heterocycles. The maximum atomic E-state index is 12.3. The molecule has 0 bridgehead atoms. The van der Waals surface area contributed by atoms with Crippen molar-refractivity contribution in [3.8, 4) is 17.2 Å². The molecule has 0 radical (unpaired) electrons. The first-order chi connectivity index (χ1) is 11.3. The highest BCUT2D eigenvalue weighted by atomic mass is 16.5. The maximum absolute atomic E-state index is 12.3. The monoisotopic (exact) mass is 308 g/mol. The zero-order valence-corrected chi connectivity index (χ0v) is 12.7. The molecule has 1 amide bonds. The molecular formula is C18H16N2O3. The Balaban J connectivity index is 1.71. The molecule has 0 atom stereocenters.